The van der Waals surface area contributed by atoms with Crippen LogP contribution in [0.1, 0.15) is 10.4 Å². The quantitative estimate of drug-likeness (QED) is 0.662. The van der Waals surface area contributed by atoms with Gasteiger partial charge in [0.05, 0.1) is 0 Å². The minimum atomic E-state index is -0.260. The number of nitrogens with one attached hydrogen (secondary N) is 1. The van der Waals surface area contributed by atoms with Gasteiger partial charge >= 0.3 is 0 Å². The molecule has 86 valence electrons. The van der Waals surface area contributed by atoms with Crippen molar-refractivity contribution >= 4 is 46.0 Å². The largest absolute Gasteiger partial charge is 0.290 e. The van der Waals surface area contributed by atoms with E-state index in [1.165, 1.54) is 6.20 Å². The smallest absolute Gasteiger partial charge is 0.258 e. The highest BCUT2D eigenvalue weighted by Gasteiger charge is 2.07. The number of halogens is 2. The summed E-state index contributed by atoms with van der Waals surface area (Å²) in [4.78, 5) is 19.6. The third kappa shape index (κ3) is 3.37. The predicted octanol–water partition coefficient (Wildman–Crippen LogP) is 2.99. The van der Waals surface area contributed by atoms with E-state index < -0.39 is 0 Å². The van der Waals surface area contributed by atoms with Crippen LogP contribution in [0.3, 0.4) is 0 Å². The van der Waals surface area contributed by atoms with E-state index in [1.807, 2.05) is 12.1 Å². The number of amides is 1. The summed E-state index contributed by atoms with van der Waals surface area (Å²) >= 11 is 7.87. The summed E-state index contributed by atoms with van der Waals surface area (Å²) in [6.45, 7) is 0. The van der Waals surface area contributed by atoms with Crippen molar-refractivity contribution in [2.75, 3.05) is 5.32 Å². The molecule has 1 amide bonds. The van der Waals surface area contributed by atoms with Crippen LogP contribution in [0, 0.1) is 3.57 Å². The number of carbonyl (C=O) groups is 1. The summed E-state index contributed by atoms with van der Waals surface area (Å²) < 4.78 is 1.07. The van der Waals surface area contributed by atoms with Gasteiger partial charge in [0.25, 0.3) is 5.91 Å². The molecule has 0 saturated carbocycles. The van der Waals surface area contributed by atoms with E-state index in [2.05, 4.69) is 37.9 Å². The molecule has 0 aliphatic carbocycles. The molecule has 0 saturated heterocycles. The van der Waals surface area contributed by atoms with Crippen molar-refractivity contribution in [1.82, 2.24) is 9.97 Å². The Kier molecular flexibility index (Phi) is 3.90. The van der Waals surface area contributed by atoms with E-state index in [1.54, 1.807) is 18.2 Å². The fourth-order valence-electron chi connectivity index (χ4n) is 1.17. The van der Waals surface area contributed by atoms with E-state index in [0.717, 1.165) is 3.57 Å². The van der Waals surface area contributed by atoms with Gasteiger partial charge in [0.2, 0.25) is 5.95 Å². The Balaban J connectivity index is 2.14. The Morgan fingerprint density at radius 1 is 1.24 bits per heavy atom. The molecule has 4 nitrogen and oxygen atoms in total. The molecule has 1 N–H and O–H groups in total. The number of carbonyl (C=O) groups excluding carboxylic acids is 1. The van der Waals surface area contributed by atoms with Crippen LogP contribution in [0.25, 0.3) is 0 Å². The molecule has 0 radical (unpaired) electrons. The second kappa shape index (κ2) is 5.42. The van der Waals surface area contributed by atoms with E-state index >= 15 is 0 Å². The highest BCUT2D eigenvalue weighted by molar-refractivity contribution is 14.1. The molecular formula is C11H7ClIN3O. The Bertz CT molecular complexity index is 545. The highest BCUT2D eigenvalue weighted by Crippen LogP contribution is 2.10. The number of anilines is 1. The number of benzene rings is 1. The van der Waals surface area contributed by atoms with Crippen molar-refractivity contribution in [2.24, 2.45) is 0 Å². The van der Waals surface area contributed by atoms with Crippen LogP contribution in [0.4, 0.5) is 5.95 Å². The molecule has 0 aliphatic rings. The molecule has 0 atom stereocenters. The molecule has 0 aliphatic heterocycles. The molecule has 2 aromatic rings. The summed E-state index contributed by atoms with van der Waals surface area (Å²) in [5, 5.41) is 2.86. The maximum Gasteiger partial charge on any atom is 0.258 e. The average molecular weight is 360 g/mol. The monoisotopic (exact) mass is 359 g/mol. The normalized spacial score (nSPS) is 10.0. The lowest BCUT2D eigenvalue weighted by molar-refractivity contribution is 0.102. The van der Waals surface area contributed by atoms with Crippen molar-refractivity contribution < 1.29 is 4.79 Å². The molecule has 17 heavy (non-hydrogen) atoms. The zero-order chi connectivity index (χ0) is 12.3. The number of rotatable bonds is 2. The average Bonchev–Trinajstić information content (AvgIpc) is 2.29. The van der Waals surface area contributed by atoms with Gasteiger partial charge in [-0.1, -0.05) is 11.6 Å². The van der Waals surface area contributed by atoms with Crippen molar-refractivity contribution in [1.29, 1.82) is 0 Å². The van der Waals surface area contributed by atoms with Crippen molar-refractivity contribution in [2.45, 2.75) is 0 Å². The molecule has 0 fully saturated rings. The van der Waals surface area contributed by atoms with Crippen molar-refractivity contribution in [3.8, 4) is 0 Å². The minimum Gasteiger partial charge on any atom is -0.290 e. The van der Waals surface area contributed by atoms with Gasteiger partial charge in [-0.05, 0) is 52.9 Å². The first kappa shape index (κ1) is 12.3. The molecule has 1 aromatic carbocycles. The Morgan fingerprint density at radius 3 is 2.59 bits per heavy atom. The molecule has 0 unspecified atom stereocenters. The van der Waals surface area contributed by atoms with Crippen LogP contribution < -0.4 is 5.32 Å². The fourth-order valence-corrected chi connectivity index (χ4v) is 1.67. The highest BCUT2D eigenvalue weighted by atomic mass is 127. The van der Waals surface area contributed by atoms with Gasteiger partial charge in [0.15, 0.2) is 0 Å². The van der Waals surface area contributed by atoms with Gasteiger partial charge < -0.3 is 0 Å². The van der Waals surface area contributed by atoms with Gasteiger partial charge in [-0.3, -0.25) is 10.1 Å². The van der Waals surface area contributed by atoms with Crippen molar-refractivity contribution in [3.05, 3.63) is 50.8 Å². The van der Waals surface area contributed by atoms with Crippen LogP contribution in [-0.2, 0) is 0 Å². The van der Waals surface area contributed by atoms with Crippen LogP contribution in [0.2, 0.25) is 5.15 Å². The van der Waals surface area contributed by atoms with E-state index in [0.29, 0.717) is 5.56 Å². The first-order valence-electron chi connectivity index (χ1n) is 4.70. The molecule has 0 bridgehead atoms. The third-order valence-corrected chi connectivity index (χ3v) is 2.88. The summed E-state index contributed by atoms with van der Waals surface area (Å²) in [5.74, 6) is -0.0651. The van der Waals surface area contributed by atoms with Crippen LogP contribution >= 0.6 is 34.2 Å². The Morgan fingerprint density at radius 2 is 1.94 bits per heavy atom. The number of hydrogen-bond donors (Lipinski definition) is 1. The Hall–Kier alpha value is -1.21. The maximum atomic E-state index is 11.8. The molecule has 2 rings (SSSR count). The Labute approximate surface area is 117 Å². The SMILES string of the molecule is O=C(Nc1nccc(Cl)n1)c1ccc(I)cc1. The minimum absolute atomic E-state index is 0.195. The summed E-state index contributed by atoms with van der Waals surface area (Å²) in [7, 11) is 0. The zero-order valence-corrected chi connectivity index (χ0v) is 11.4. The van der Waals surface area contributed by atoms with Crippen LogP contribution in [0.15, 0.2) is 36.5 Å². The third-order valence-electron chi connectivity index (χ3n) is 1.95. The first-order chi connectivity index (χ1) is 8.15. The van der Waals surface area contributed by atoms with E-state index in [-0.39, 0.29) is 17.0 Å². The van der Waals surface area contributed by atoms with Crippen LogP contribution in [-0.4, -0.2) is 15.9 Å². The molecule has 1 heterocycles. The number of nitrogens with zero attached hydrogens (tertiary/aromatic N) is 2. The van der Waals surface area contributed by atoms with Gasteiger partial charge in [0, 0.05) is 15.3 Å². The predicted molar refractivity (Wildman–Crippen MR) is 74.2 cm³/mol. The number of aromatic nitrogens is 2. The van der Waals surface area contributed by atoms with Gasteiger partial charge in [0.1, 0.15) is 5.15 Å². The van der Waals surface area contributed by atoms with Gasteiger partial charge in [-0.2, -0.15) is 0 Å². The summed E-state index contributed by atoms with van der Waals surface area (Å²) in [6, 6.07) is 8.73. The fraction of sp³-hybridized carbons (Fsp3) is 0. The van der Waals surface area contributed by atoms with Gasteiger partial charge in [-0.15, -0.1) is 0 Å². The standard InChI is InChI=1S/C11H7ClIN3O/c12-9-5-6-14-11(15-9)16-10(17)7-1-3-8(13)4-2-7/h1-6H,(H,14,15,16,17). The molecule has 1 aromatic heterocycles. The lowest BCUT2D eigenvalue weighted by atomic mass is 10.2. The van der Waals surface area contributed by atoms with Crippen molar-refractivity contribution in [3.63, 3.8) is 0 Å². The molecular weight excluding hydrogens is 352 g/mol. The maximum absolute atomic E-state index is 11.8. The first-order valence-corrected chi connectivity index (χ1v) is 6.16. The van der Waals surface area contributed by atoms with Crippen LogP contribution in [0.5, 0.6) is 0 Å². The second-order valence-electron chi connectivity index (χ2n) is 3.16. The number of hydrogen-bond acceptors (Lipinski definition) is 3. The van der Waals surface area contributed by atoms with Gasteiger partial charge in [-0.25, -0.2) is 9.97 Å². The summed E-state index contributed by atoms with van der Waals surface area (Å²) in [6.07, 6.45) is 1.48. The topological polar surface area (TPSA) is 54.9 Å². The lowest BCUT2D eigenvalue weighted by Gasteiger charge is -2.03. The zero-order valence-electron chi connectivity index (χ0n) is 8.52. The molecule has 6 heteroatoms. The van der Waals surface area contributed by atoms with E-state index in [4.69, 9.17) is 11.6 Å². The summed E-state index contributed by atoms with van der Waals surface area (Å²) in [5.41, 5.74) is 0.550. The second-order valence-corrected chi connectivity index (χ2v) is 4.80. The van der Waals surface area contributed by atoms with E-state index in [9.17, 15) is 4.79 Å². The molecule has 0 spiro atoms. The lowest BCUT2D eigenvalue weighted by Crippen LogP contribution is -2.13.